The molecule has 0 aromatic carbocycles. The summed E-state index contributed by atoms with van der Waals surface area (Å²) in [5.41, 5.74) is 2.08. The Kier molecular flexibility index (Phi) is 4.76. The van der Waals surface area contributed by atoms with Gasteiger partial charge in [-0.15, -0.1) is 11.6 Å². The van der Waals surface area contributed by atoms with Crippen LogP contribution in [0.25, 0.3) is 0 Å². The number of rotatable bonds is 5. The van der Waals surface area contributed by atoms with Crippen molar-refractivity contribution in [3.63, 3.8) is 0 Å². The van der Waals surface area contributed by atoms with E-state index in [0.717, 1.165) is 48.1 Å². The number of hydrogen-bond donors (Lipinski definition) is 0. The quantitative estimate of drug-likeness (QED) is 0.564. The molecule has 0 radical (unpaired) electrons. The first-order chi connectivity index (χ1) is 6.70. The Morgan fingerprint density at radius 2 is 2.07 bits per heavy atom. The van der Waals surface area contributed by atoms with Crippen LogP contribution in [0.4, 0.5) is 0 Å². The molecule has 80 valence electrons. The fraction of sp³-hybridized carbons (Fsp3) is 0.700. The van der Waals surface area contributed by atoms with Crippen molar-refractivity contribution in [2.75, 3.05) is 5.88 Å². The maximum atomic E-state index is 6.16. The highest BCUT2D eigenvalue weighted by molar-refractivity contribution is 6.31. The molecule has 0 atom stereocenters. The first-order valence-corrected chi connectivity index (χ1v) is 5.89. The minimum absolute atomic E-state index is 0.719. The molecule has 0 amide bonds. The topological polar surface area (TPSA) is 17.8 Å². The van der Waals surface area contributed by atoms with Crippen LogP contribution in [0, 0.1) is 6.92 Å². The fourth-order valence-electron chi connectivity index (χ4n) is 1.49. The first kappa shape index (κ1) is 11.9. The smallest absolute Gasteiger partial charge is 0.0847 e. The summed E-state index contributed by atoms with van der Waals surface area (Å²) < 4.78 is 1.98. The minimum atomic E-state index is 0.719. The van der Waals surface area contributed by atoms with Gasteiger partial charge in [-0.2, -0.15) is 5.10 Å². The first-order valence-electron chi connectivity index (χ1n) is 4.98. The summed E-state index contributed by atoms with van der Waals surface area (Å²) in [6, 6.07) is 0. The maximum Gasteiger partial charge on any atom is 0.0847 e. The third-order valence-corrected chi connectivity index (χ3v) is 3.01. The molecule has 1 aromatic rings. The van der Waals surface area contributed by atoms with Gasteiger partial charge in [0.25, 0.3) is 0 Å². The van der Waals surface area contributed by atoms with E-state index in [1.165, 1.54) is 0 Å². The Balaban J connectivity index is 2.72. The zero-order valence-corrected chi connectivity index (χ0v) is 10.2. The molecular weight excluding hydrogens is 219 g/mol. The van der Waals surface area contributed by atoms with Crippen LogP contribution >= 0.6 is 23.2 Å². The van der Waals surface area contributed by atoms with Gasteiger partial charge in [0.2, 0.25) is 0 Å². The van der Waals surface area contributed by atoms with Crippen molar-refractivity contribution < 1.29 is 0 Å². The van der Waals surface area contributed by atoms with Gasteiger partial charge < -0.3 is 0 Å². The lowest BCUT2D eigenvalue weighted by Gasteiger charge is -2.04. The molecule has 1 heterocycles. The second-order valence-electron chi connectivity index (χ2n) is 3.31. The van der Waals surface area contributed by atoms with Gasteiger partial charge in [0, 0.05) is 12.4 Å². The summed E-state index contributed by atoms with van der Waals surface area (Å²) in [4.78, 5) is 0. The largest absolute Gasteiger partial charge is 0.268 e. The molecule has 0 aliphatic heterocycles. The zero-order chi connectivity index (χ0) is 10.6. The van der Waals surface area contributed by atoms with Crippen molar-refractivity contribution in [2.45, 2.75) is 39.7 Å². The van der Waals surface area contributed by atoms with Crippen molar-refractivity contribution in [3.8, 4) is 0 Å². The molecule has 14 heavy (non-hydrogen) atoms. The van der Waals surface area contributed by atoms with Crippen LogP contribution in [0.1, 0.15) is 31.2 Å². The molecule has 4 heteroatoms. The van der Waals surface area contributed by atoms with Gasteiger partial charge in [0.05, 0.1) is 16.4 Å². The molecule has 0 aliphatic rings. The highest BCUT2D eigenvalue weighted by atomic mass is 35.5. The third kappa shape index (κ3) is 2.64. The van der Waals surface area contributed by atoms with Crippen LogP contribution in [0.3, 0.4) is 0 Å². The van der Waals surface area contributed by atoms with E-state index >= 15 is 0 Å². The Morgan fingerprint density at radius 1 is 1.36 bits per heavy atom. The molecule has 1 aromatic heterocycles. The van der Waals surface area contributed by atoms with Crippen molar-refractivity contribution in [1.29, 1.82) is 0 Å². The average Bonchev–Trinajstić information content (AvgIpc) is 2.45. The minimum Gasteiger partial charge on any atom is -0.268 e. The van der Waals surface area contributed by atoms with Gasteiger partial charge in [0.1, 0.15) is 0 Å². The normalized spacial score (nSPS) is 10.9. The number of alkyl halides is 1. The van der Waals surface area contributed by atoms with Crippen molar-refractivity contribution >= 4 is 23.2 Å². The molecule has 0 saturated heterocycles. The number of aryl methyl sites for hydroxylation is 2. The lowest BCUT2D eigenvalue weighted by Crippen LogP contribution is -2.03. The highest BCUT2D eigenvalue weighted by Gasteiger charge is 2.11. The summed E-state index contributed by atoms with van der Waals surface area (Å²) in [6.07, 6.45) is 3.08. The molecule has 2 nitrogen and oxygen atoms in total. The summed E-state index contributed by atoms with van der Waals surface area (Å²) in [5.74, 6) is 0.719. The number of aromatic nitrogens is 2. The highest BCUT2D eigenvalue weighted by Crippen LogP contribution is 2.21. The summed E-state index contributed by atoms with van der Waals surface area (Å²) >= 11 is 11.8. The van der Waals surface area contributed by atoms with Gasteiger partial charge in [-0.1, -0.05) is 11.6 Å². The Bertz CT molecular complexity index is 295. The van der Waals surface area contributed by atoms with Crippen LogP contribution in [0.15, 0.2) is 0 Å². The van der Waals surface area contributed by atoms with Crippen molar-refractivity contribution in [3.05, 3.63) is 16.4 Å². The van der Waals surface area contributed by atoms with Crippen LogP contribution in [-0.2, 0) is 13.0 Å². The number of nitrogens with zero attached hydrogens (tertiary/aromatic N) is 2. The van der Waals surface area contributed by atoms with E-state index < -0.39 is 0 Å². The van der Waals surface area contributed by atoms with E-state index in [1.807, 2.05) is 11.6 Å². The lowest BCUT2D eigenvalue weighted by molar-refractivity contribution is 0.604. The van der Waals surface area contributed by atoms with E-state index in [-0.39, 0.29) is 0 Å². The number of unbranched alkanes of at least 4 members (excludes halogenated alkanes) is 1. The molecule has 1 rings (SSSR count). The van der Waals surface area contributed by atoms with Crippen LogP contribution in [0.2, 0.25) is 5.02 Å². The molecule has 0 aliphatic carbocycles. The number of halogens is 2. The van der Waals surface area contributed by atoms with Gasteiger partial charge in [0.15, 0.2) is 0 Å². The third-order valence-electron chi connectivity index (χ3n) is 2.25. The van der Waals surface area contributed by atoms with E-state index in [1.54, 1.807) is 0 Å². The molecular formula is C10H16Cl2N2. The fourth-order valence-corrected chi connectivity index (χ4v) is 1.91. The second kappa shape index (κ2) is 5.62. The predicted octanol–water partition coefficient (Wildman–Crippen LogP) is 3.43. The molecule has 0 unspecified atom stereocenters. The van der Waals surface area contributed by atoms with Crippen LogP contribution in [-0.4, -0.2) is 15.7 Å². The number of hydrogen-bond acceptors (Lipinski definition) is 1. The van der Waals surface area contributed by atoms with E-state index in [2.05, 4.69) is 12.0 Å². The van der Waals surface area contributed by atoms with Gasteiger partial charge in [-0.3, -0.25) is 4.68 Å². The average molecular weight is 235 g/mol. The zero-order valence-electron chi connectivity index (χ0n) is 8.69. The summed E-state index contributed by atoms with van der Waals surface area (Å²) in [5, 5.41) is 5.18. The van der Waals surface area contributed by atoms with Crippen LogP contribution in [0.5, 0.6) is 0 Å². The van der Waals surface area contributed by atoms with Crippen molar-refractivity contribution in [1.82, 2.24) is 9.78 Å². The van der Waals surface area contributed by atoms with Gasteiger partial charge in [-0.25, -0.2) is 0 Å². The molecule has 0 bridgehead atoms. The Labute approximate surface area is 95.2 Å². The lowest BCUT2D eigenvalue weighted by atomic mass is 10.2. The monoisotopic (exact) mass is 234 g/mol. The van der Waals surface area contributed by atoms with E-state index in [0.29, 0.717) is 0 Å². The second-order valence-corrected chi connectivity index (χ2v) is 4.06. The van der Waals surface area contributed by atoms with Gasteiger partial charge >= 0.3 is 0 Å². The van der Waals surface area contributed by atoms with E-state index in [9.17, 15) is 0 Å². The predicted molar refractivity (Wildman–Crippen MR) is 61.3 cm³/mol. The van der Waals surface area contributed by atoms with Crippen LogP contribution < -0.4 is 0 Å². The van der Waals surface area contributed by atoms with Gasteiger partial charge in [-0.05, 0) is 33.1 Å². The molecule has 0 saturated carbocycles. The SMILES string of the molecule is CCn1nc(C)c(Cl)c1CCCCCl. The molecule has 0 spiro atoms. The maximum absolute atomic E-state index is 6.16. The Morgan fingerprint density at radius 3 is 2.64 bits per heavy atom. The summed E-state index contributed by atoms with van der Waals surface area (Å²) in [7, 11) is 0. The standard InChI is InChI=1S/C10H16Cl2N2/c1-3-14-9(6-4-5-7-11)10(12)8(2)13-14/h3-7H2,1-2H3. The summed E-state index contributed by atoms with van der Waals surface area (Å²) in [6.45, 7) is 4.90. The molecule has 0 N–H and O–H groups in total. The molecule has 0 fully saturated rings. The van der Waals surface area contributed by atoms with E-state index in [4.69, 9.17) is 23.2 Å². The Hall–Kier alpha value is -0.210. The van der Waals surface area contributed by atoms with Crippen molar-refractivity contribution in [2.24, 2.45) is 0 Å².